The van der Waals surface area contributed by atoms with E-state index in [-0.39, 0.29) is 39.6 Å². The molecule has 0 fully saturated rings. The fourth-order valence-electron chi connectivity index (χ4n) is 1.65. The van der Waals surface area contributed by atoms with E-state index in [0.29, 0.717) is 0 Å². The van der Waals surface area contributed by atoms with E-state index in [1.807, 2.05) is 42.5 Å². The van der Waals surface area contributed by atoms with Gasteiger partial charge >= 0.3 is 0 Å². The molecule has 0 amide bonds. The van der Waals surface area contributed by atoms with Gasteiger partial charge in [-0.1, -0.05) is 6.82 Å². The maximum atomic E-state index is 5.40. The summed E-state index contributed by atoms with van der Waals surface area (Å²) in [5.74, 6) is 0. The van der Waals surface area contributed by atoms with Crippen LogP contribution in [0.25, 0.3) is 0 Å². The molecule has 83 valence electrons. The van der Waals surface area contributed by atoms with Crippen LogP contribution in [-0.4, -0.2) is 6.92 Å². The van der Waals surface area contributed by atoms with Gasteiger partial charge in [-0.15, -0.1) is 5.56 Å². The Morgan fingerprint density at radius 2 is 1.88 bits per heavy atom. The van der Waals surface area contributed by atoms with Crippen LogP contribution < -0.4 is 5.46 Å². The van der Waals surface area contributed by atoms with Crippen LogP contribution in [0.2, 0.25) is 6.82 Å². The third kappa shape index (κ3) is 4.38. The number of rotatable bonds is 0. The molecule has 0 aliphatic carbocycles. The van der Waals surface area contributed by atoms with Crippen LogP contribution in [0, 0.1) is 12.1 Å². The molecule has 1 heterocycles. The van der Waals surface area contributed by atoms with Crippen LogP contribution >= 0.6 is 0 Å². The molecule has 1 aliphatic heterocycles. The van der Waals surface area contributed by atoms with Gasteiger partial charge in [-0.25, -0.2) is 0 Å². The van der Waals surface area contributed by atoms with Gasteiger partial charge in [-0.2, -0.15) is 66.1 Å². The zero-order chi connectivity index (χ0) is 11.2. The first-order chi connectivity index (χ1) is 7.88. The third-order valence-corrected chi connectivity index (χ3v) is 2.52. The Balaban J connectivity index is 0.000000180. The van der Waals surface area contributed by atoms with E-state index in [0.717, 1.165) is 6.61 Å². The van der Waals surface area contributed by atoms with Gasteiger partial charge in [-0.05, 0) is 0 Å². The minimum atomic E-state index is 0. The maximum absolute atomic E-state index is 5.40. The van der Waals surface area contributed by atoms with Gasteiger partial charge in [0.1, 0.15) is 0 Å². The van der Waals surface area contributed by atoms with Crippen LogP contribution in [0.4, 0.5) is 0 Å². The molecule has 0 N–H and O–H groups in total. The Morgan fingerprint density at radius 1 is 1.12 bits per heavy atom. The van der Waals surface area contributed by atoms with Crippen LogP contribution in [0.3, 0.4) is 0 Å². The van der Waals surface area contributed by atoms with Gasteiger partial charge in [0.05, 0.1) is 0 Å². The molecule has 3 heteroatoms. The molecule has 0 unspecified atom stereocenters. The smallest absolute Gasteiger partial charge is 0.298 e. The predicted octanol–water partition coefficient (Wildman–Crippen LogP) is 2.33. The molecule has 0 spiro atoms. The van der Waals surface area contributed by atoms with Crippen LogP contribution in [0.5, 0.6) is 0 Å². The molecule has 0 aromatic heterocycles. The number of hydrogen-bond acceptors (Lipinski definition) is 1. The molecule has 17 heavy (non-hydrogen) atoms. The predicted molar refractivity (Wildman–Crippen MR) is 66.6 cm³/mol. The Kier molecular flexibility index (Phi) is 6.72. The quantitative estimate of drug-likeness (QED) is 0.536. The second kappa shape index (κ2) is 7.81. The molecule has 2 aromatic carbocycles. The Bertz CT molecular complexity index is 407. The van der Waals surface area contributed by atoms with E-state index in [2.05, 4.69) is 25.0 Å². The first-order valence-corrected chi connectivity index (χ1v) is 5.39. The molecule has 1 nitrogen and oxygen atoms in total. The summed E-state index contributed by atoms with van der Waals surface area (Å²) in [6.45, 7) is 3.12. The SMILES string of the molecule is CB1OCc2c[c-]ccc21.[Y].[c-]1ccccc1. The van der Waals surface area contributed by atoms with Crippen molar-refractivity contribution in [2.45, 2.75) is 13.4 Å². The number of fused-ring (bicyclic) bond motifs is 1. The fraction of sp³-hybridized carbons (Fsp3) is 0.143. The van der Waals surface area contributed by atoms with Crippen LogP contribution in [0.1, 0.15) is 5.56 Å². The van der Waals surface area contributed by atoms with Gasteiger partial charge in [0.25, 0.3) is 6.92 Å². The van der Waals surface area contributed by atoms with Crippen molar-refractivity contribution in [1.82, 2.24) is 0 Å². The van der Waals surface area contributed by atoms with Crippen molar-refractivity contribution in [2.24, 2.45) is 0 Å². The molecule has 0 atom stereocenters. The van der Waals surface area contributed by atoms with E-state index >= 15 is 0 Å². The zero-order valence-electron chi connectivity index (χ0n) is 9.89. The minimum absolute atomic E-state index is 0. The summed E-state index contributed by atoms with van der Waals surface area (Å²) in [4.78, 5) is 0. The standard InChI is InChI=1S/C8H8BO.C6H5.Y/c1-9-8-5-3-2-4-7(8)6-10-9;1-2-4-6-5-3-1;/h3-5H,6H2,1H3;1-5H;/q2*-1;. The Hall–Kier alpha value is -0.431. The van der Waals surface area contributed by atoms with E-state index < -0.39 is 0 Å². The summed E-state index contributed by atoms with van der Waals surface area (Å²) in [7, 11) is 0. The van der Waals surface area contributed by atoms with Gasteiger partial charge in [0.15, 0.2) is 0 Å². The molecule has 0 bridgehead atoms. The first kappa shape index (κ1) is 14.6. The minimum Gasteiger partial charge on any atom is -0.440 e. The second-order valence-corrected chi connectivity index (χ2v) is 3.66. The molecule has 3 rings (SSSR count). The van der Waals surface area contributed by atoms with Crippen molar-refractivity contribution < 1.29 is 37.4 Å². The van der Waals surface area contributed by atoms with E-state index in [1.165, 1.54) is 11.0 Å². The number of benzene rings is 2. The number of hydrogen-bond donors (Lipinski definition) is 0. The van der Waals surface area contributed by atoms with Crippen LogP contribution in [0.15, 0.2) is 48.5 Å². The zero-order valence-corrected chi connectivity index (χ0v) is 12.7. The summed E-state index contributed by atoms with van der Waals surface area (Å²) >= 11 is 0. The van der Waals surface area contributed by atoms with Gasteiger partial charge in [0.2, 0.25) is 0 Å². The van der Waals surface area contributed by atoms with Crippen LogP contribution in [-0.2, 0) is 44.0 Å². The first-order valence-electron chi connectivity index (χ1n) is 5.39. The average molecular weight is 297 g/mol. The van der Waals surface area contributed by atoms with Crippen molar-refractivity contribution in [1.29, 1.82) is 0 Å². The van der Waals surface area contributed by atoms with Crippen molar-refractivity contribution in [3.63, 3.8) is 0 Å². The van der Waals surface area contributed by atoms with Crippen molar-refractivity contribution in [3.05, 3.63) is 66.2 Å². The fourth-order valence-corrected chi connectivity index (χ4v) is 1.65. The van der Waals surface area contributed by atoms with E-state index in [9.17, 15) is 0 Å². The molecule has 1 aliphatic rings. The summed E-state index contributed by atoms with van der Waals surface area (Å²) < 4.78 is 5.40. The van der Waals surface area contributed by atoms with Gasteiger partial charge < -0.3 is 4.65 Å². The normalized spacial score (nSPS) is 11.9. The summed E-state index contributed by atoms with van der Waals surface area (Å²) in [6.07, 6.45) is 0. The molecule has 2 aromatic rings. The molecule has 0 saturated carbocycles. The molecular formula is C14H13BOY-2. The topological polar surface area (TPSA) is 9.23 Å². The average Bonchev–Trinajstić information content (AvgIpc) is 2.75. The van der Waals surface area contributed by atoms with Gasteiger partial charge in [-0.3, -0.25) is 0 Å². The summed E-state index contributed by atoms with van der Waals surface area (Å²) in [5.41, 5.74) is 2.61. The third-order valence-electron chi connectivity index (χ3n) is 2.52. The summed E-state index contributed by atoms with van der Waals surface area (Å²) in [5, 5.41) is 0. The van der Waals surface area contributed by atoms with Crippen molar-refractivity contribution in [3.8, 4) is 0 Å². The molecule has 0 saturated heterocycles. The maximum Gasteiger partial charge on any atom is 0.298 e. The van der Waals surface area contributed by atoms with Crippen molar-refractivity contribution in [2.75, 3.05) is 0 Å². The van der Waals surface area contributed by atoms with Crippen molar-refractivity contribution >= 4 is 12.4 Å². The monoisotopic (exact) mass is 297 g/mol. The summed E-state index contributed by atoms with van der Waals surface area (Å²) in [6, 6.07) is 21.5. The Morgan fingerprint density at radius 3 is 2.41 bits per heavy atom. The molecule has 1 radical (unpaired) electrons. The molecular weight excluding hydrogens is 284 g/mol. The van der Waals surface area contributed by atoms with Gasteiger partial charge in [0, 0.05) is 39.3 Å². The largest absolute Gasteiger partial charge is 0.440 e. The van der Waals surface area contributed by atoms with E-state index in [4.69, 9.17) is 4.65 Å². The second-order valence-electron chi connectivity index (χ2n) is 3.66. The Labute approximate surface area is 129 Å². The van der Waals surface area contributed by atoms with E-state index in [1.54, 1.807) is 0 Å².